The van der Waals surface area contributed by atoms with E-state index in [-0.39, 0.29) is 12.3 Å². The molecule has 0 fully saturated rings. The van der Waals surface area contributed by atoms with E-state index >= 15 is 0 Å². The quantitative estimate of drug-likeness (QED) is 0.490. The van der Waals surface area contributed by atoms with Crippen LogP contribution in [0.5, 0.6) is 0 Å². The molecule has 27 heavy (non-hydrogen) atoms. The first-order chi connectivity index (χ1) is 13.0. The Labute approximate surface area is 162 Å². The number of halogens is 1. The number of amides is 1. The van der Waals surface area contributed by atoms with E-state index in [4.69, 9.17) is 16.3 Å². The second-order valence-electron chi connectivity index (χ2n) is 6.14. The van der Waals surface area contributed by atoms with Gasteiger partial charge < -0.3 is 14.5 Å². The van der Waals surface area contributed by atoms with Gasteiger partial charge in [0.05, 0.1) is 29.3 Å². The summed E-state index contributed by atoms with van der Waals surface area (Å²) < 4.78 is 6.97. The normalized spacial score (nSPS) is 10.7. The summed E-state index contributed by atoms with van der Waals surface area (Å²) in [5.41, 5.74) is 2.30. The Morgan fingerprint density at radius 1 is 1.22 bits per heavy atom. The lowest BCUT2D eigenvalue weighted by Gasteiger charge is -2.07. The summed E-state index contributed by atoms with van der Waals surface area (Å²) in [6.07, 6.45) is 5.40. The number of imidazole rings is 1. The minimum absolute atomic E-state index is 0.116. The van der Waals surface area contributed by atoms with Crippen molar-refractivity contribution < 1.29 is 14.3 Å². The minimum Gasteiger partial charge on any atom is -0.462 e. The standard InChI is InChI=1S/C20H20ClN3O3/c1-2-3-9-27-20(26)14-5-4-6-16(10-14)23-19(25)11-17-13-24-12-15(21)7-8-18(24)22-17/h4-8,10,12-13H,2-3,9,11H2,1H3,(H,23,25). The molecule has 0 saturated carbocycles. The number of fused-ring (bicyclic) bond motifs is 1. The molecule has 1 amide bonds. The highest BCUT2D eigenvalue weighted by Gasteiger charge is 2.11. The Kier molecular flexibility index (Phi) is 6.08. The number of pyridine rings is 1. The van der Waals surface area contributed by atoms with Gasteiger partial charge in [0.1, 0.15) is 5.65 Å². The van der Waals surface area contributed by atoms with Crippen molar-refractivity contribution in [2.75, 3.05) is 11.9 Å². The SMILES string of the molecule is CCCCOC(=O)c1cccc(NC(=O)Cc2cn3cc(Cl)ccc3n2)c1. The van der Waals surface area contributed by atoms with E-state index in [1.807, 2.05) is 6.92 Å². The molecule has 1 N–H and O–H groups in total. The van der Waals surface area contributed by atoms with E-state index in [2.05, 4.69) is 10.3 Å². The van der Waals surface area contributed by atoms with Gasteiger partial charge in [-0.25, -0.2) is 9.78 Å². The van der Waals surface area contributed by atoms with Crippen LogP contribution >= 0.6 is 11.6 Å². The highest BCUT2D eigenvalue weighted by Crippen LogP contribution is 2.14. The first-order valence-corrected chi connectivity index (χ1v) is 9.13. The number of ether oxygens (including phenoxy) is 1. The van der Waals surface area contributed by atoms with Gasteiger partial charge in [-0.1, -0.05) is 31.0 Å². The molecule has 0 unspecified atom stereocenters. The summed E-state index contributed by atoms with van der Waals surface area (Å²) in [6.45, 7) is 2.42. The third-order valence-electron chi connectivity index (χ3n) is 3.92. The lowest BCUT2D eigenvalue weighted by molar-refractivity contribution is -0.115. The fourth-order valence-electron chi connectivity index (χ4n) is 2.59. The highest BCUT2D eigenvalue weighted by molar-refractivity contribution is 6.30. The topological polar surface area (TPSA) is 72.7 Å². The summed E-state index contributed by atoms with van der Waals surface area (Å²) in [4.78, 5) is 28.7. The van der Waals surface area contributed by atoms with Crippen LogP contribution in [-0.4, -0.2) is 27.9 Å². The number of carbonyl (C=O) groups is 2. The molecule has 3 rings (SSSR count). The van der Waals surface area contributed by atoms with Crippen LogP contribution in [0.25, 0.3) is 5.65 Å². The molecule has 1 aromatic carbocycles. The summed E-state index contributed by atoms with van der Waals surface area (Å²) in [7, 11) is 0. The van der Waals surface area contributed by atoms with E-state index in [0.717, 1.165) is 18.5 Å². The van der Waals surface area contributed by atoms with Crippen LogP contribution in [0.3, 0.4) is 0 Å². The average molecular weight is 386 g/mol. The maximum Gasteiger partial charge on any atom is 0.338 e. The Hall–Kier alpha value is -2.86. The highest BCUT2D eigenvalue weighted by atomic mass is 35.5. The lowest BCUT2D eigenvalue weighted by atomic mass is 10.2. The summed E-state index contributed by atoms with van der Waals surface area (Å²) in [5, 5.41) is 3.38. The first-order valence-electron chi connectivity index (χ1n) is 8.75. The molecule has 140 valence electrons. The number of carbonyl (C=O) groups excluding carboxylic acids is 2. The van der Waals surface area contributed by atoms with Gasteiger partial charge in [0.2, 0.25) is 5.91 Å². The smallest absolute Gasteiger partial charge is 0.338 e. The van der Waals surface area contributed by atoms with Crippen LogP contribution < -0.4 is 5.32 Å². The van der Waals surface area contributed by atoms with E-state index in [9.17, 15) is 9.59 Å². The maximum atomic E-state index is 12.3. The van der Waals surface area contributed by atoms with Gasteiger partial charge in [-0.2, -0.15) is 0 Å². The Bertz CT molecular complexity index is 968. The number of nitrogens with zero attached hydrogens (tertiary/aromatic N) is 2. The summed E-state index contributed by atoms with van der Waals surface area (Å²) in [5.74, 6) is -0.613. The number of hydrogen-bond acceptors (Lipinski definition) is 4. The number of anilines is 1. The second kappa shape index (κ2) is 8.68. The molecule has 0 spiro atoms. The van der Waals surface area contributed by atoms with E-state index in [1.165, 1.54) is 0 Å². The molecule has 0 aliphatic rings. The zero-order valence-corrected chi connectivity index (χ0v) is 15.7. The van der Waals surface area contributed by atoms with Crippen molar-refractivity contribution in [2.24, 2.45) is 0 Å². The third kappa shape index (κ3) is 5.08. The van der Waals surface area contributed by atoms with Crippen LogP contribution in [0.1, 0.15) is 35.8 Å². The van der Waals surface area contributed by atoms with Gasteiger partial charge in [-0.05, 0) is 36.8 Å². The second-order valence-corrected chi connectivity index (χ2v) is 6.58. The van der Waals surface area contributed by atoms with Crippen LogP contribution in [0.15, 0.2) is 48.8 Å². The van der Waals surface area contributed by atoms with Crippen LogP contribution in [-0.2, 0) is 16.0 Å². The zero-order chi connectivity index (χ0) is 19.2. The molecule has 2 aromatic heterocycles. The van der Waals surface area contributed by atoms with E-state index in [1.54, 1.807) is 53.2 Å². The zero-order valence-electron chi connectivity index (χ0n) is 14.9. The van der Waals surface area contributed by atoms with Crippen molar-refractivity contribution in [3.63, 3.8) is 0 Å². The number of unbranched alkanes of at least 4 members (excludes halogenated alkanes) is 1. The lowest BCUT2D eigenvalue weighted by Crippen LogP contribution is -2.15. The predicted octanol–water partition coefficient (Wildman–Crippen LogP) is 4.13. The van der Waals surface area contributed by atoms with E-state index < -0.39 is 5.97 Å². The van der Waals surface area contributed by atoms with Crippen LogP contribution in [0.4, 0.5) is 5.69 Å². The molecular weight excluding hydrogens is 366 g/mol. The first kappa shape index (κ1) is 18.9. The molecule has 6 nitrogen and oxygen atoms in total. The molecule has 2 heterocycles. The van der Waals surface area contributed by atoms with Crippen molar-refractivity contribution in [3.8, 4) is 0 Å². The molecule has 0 bridgehead atoms. The van der Waals surface area contributed by atoms with Gasteiger partial charge in [0, 0.05) is 18.1 Å². The van der Waals surface area contributed by atoms with Crippen LogP contribution in [0.2, 0.25) is 5.02 Å². The maximum absolute atomic E-state index is 12.3. The molecule has 0 radical (unpaired) electrons. The number of nitrogens with one attached hydrogen (secondary N) is 1. The number of benzene rings is 1. The largest absolute Gasteiger partial charge is 0.462 e. The predicted molar refractivity (Wildman–Crippen MR) is 104 cm³/mol. The fourth-order valence-corrected chi connectivity index (χ4v) is 2.76. The molecule has 3 aromatic rings. The Morgan fingerprint density at radius 3 is 2.89 bits per heavy atom. The van der Waals surface area contributed by atoms with Crippen molar-refractivity contribution in [2.45, 2.75) is 26.2 Å². The fraction of sp³-hybridized carbons (Fsp3) is 0.250. The van der Waals surface area contributed by atoms with Crippen molar-refractivity contribution >= 4 is 34.8 Å². The summed E-state index contributed by atoms with van der Waals surface area (Å²) in [6, 6.07) is 10.2. The van der Waals surface area contributed by atoms with Gasteiger partial charge in [0.25, 0.3) is 0 Å². The molecule has 0 aliphatic heterocycles. The molecule has 0 aliphatic carbocycles. The number of rotatable bonds is 7. The minimum atomic E-state index is -0.392. The molecule has 0 atom stereocenters. The monoisotopic (exact) mass is 385 g/mol. The summed E-state index contributed by atoms with van der Waals surface area (Å²) >= 11 is 5.96. The number of esters is 1. The van der Waals surface area contributed by atoms with E-state index in [0.29, 0.717) is 28.6 Å². The third-order valence-corrected chi connectivity index (χ3v) is 4.14. The van der Waals surface area contributed by atoms with Crippen molar-refractivity contribution in [1.82, 2.24) is 9.38 Å². The van der Waals surface area contributed by atoms with Gasteiger partial charge in [-0.3, -0.25) is 4.79 Å². The average Bonchev–Trinajstić information content (AvgIpc) is 3.03. The van der Waals surface area contributed by atoms with Crippen molar-refractivity contribution in [1.29, 1.82) is 0 Å². The molecule has 7 heteroatoms. The molecular formula is C20H20ClN3O3. The molecule has 0 saturated heterocycles. The van der Waals surface area contributed by atoms with Crippen LogP contribution in [0, 0.1) is 0 Å². The Morgan fingerprint density at radius 2 is 2.07 bits per heavy atom. The number of aromatic nitrogens is 2. The number of hydrogen-bond donors (Lipinski definition) is 1. The van der Waals surface area contributed by atoms with Gasteiger partial charge in [0.15, 0.2) is 0 Å². The Balaban J connectivity index is 1.63. The van der Waals surface area contributed by atoms with Gasteiger partial charge >= 0.3 is 5.97 Å². The van der Waals surface area contributed by atoms with Crippen molar-refractivity contribution in [3.05, 3.63) is 65.1 Å². The van der Waals surface area contributed by atoms with Gasteiger partial charge in [-0.15, -0.1) is 0 Å².